The van der Waals surface area contributed by atoms with Gasteiger partial charge in [0.05, 0.1) is 18.2 Å². The van der Waals surface area contributed by atoms with E-state index >= 15 is 0 Å². The fourth-order valence-corrected chi connectivity index (χ4v) is 5.38. The van der Waals surface area contributed by atoms with Crippen molar-refractivity contribution in [3.63, 3.8) is 0 Å². The Morgan fingerprint density at radius 1 is 1.23 bits per heavy atom. The quantitative estimate of drug-likeness (QED) is 0.674. The molecule has 1 aromatic heterocycles. The van der Waals surface area contributed by atoms with Gasteiger partial charge in [-0.2, -0.15) is 0 Å². The number of aromatic nitrogens is 1. The van der Waals surface area contributed by atoms with Gasteiger partial charge in [0.15, 0.2) is 0 Å². The largest absolute Gasteiger partial charge is 0.481 e. The normalized spacial score (nSPS) is 29.8. The number of hydrogen-bond acceptors (Lipinski definition) is 5. The summed E-state index contributed by atoms with van der Waals surface area (Å²) in [4.78, 5) is 18.8. The van der Waals surface area contributed by atoms with Crippen LogP contribution in [0, 0.1) is 17.7 Å². The Morgan fingerprint density at radius 2 is 2.10 bits per heavy atom. The summed E-state index contributed by atoms with van der Waals surface area (Å²) < 4.78 is 18.6. The van der Waals surface area contributed by atoms with Gasteiger partial charge in [-0.3, -0.25) is 5.43 Å². The van der Waals surface area contributed by atoms with E-state index in [0.29, 0.717) is 30.8 Å². The fourth-order valence-electron chi connectivity index (χ4n) is 5.17. The molecule has 0 spiro atoms. The number of nitrogens with zero attached hydrogens (tertiary/aromatic N) is 2. The third-order valence-electron chi connectivity index (χ3n) is 6.76. The molecule has 1 aromatic carbocycles. The van der Waals surface area contributed by atoms with E-state index in [2.05, 4.69) is 21.2 Å². The Labute approximate surface area is 185 Å². The number of ether oxygens (including phenoxy) is 1. The Hall–Kier alpha value is -2.42. The predicted molar refractivity (Wildman–Crippen MR) is 114 cm³/mol. The molecule has 31 heavy (non-hydrogen) atoms. The lowest BCUT2D eigenvalue weighted by atomic mass is 9.71. The summed E-state index contributed by atoms with van der Waals surface area (Å²) in [5.41, 5.74) is 8.79. The lowest BCUT2D eigenvalue weighted by Crippen LogP contribution is -2.60. The molecule has 7 nitrogen and oxygen atoms in total. The third-order valence-corrected chi connectivity index (χ3v) is 7.05. The van der Waals surface area contributed by atoms with Crippen LogP contribution < -0.4 is 20.9 Å². The number of methoxy groups -OCH3 is 1. The first kappa shape index (κ1) is 20.5. The number of benzene rings is 1. The summed E-state index contributed by atoms with van der Waals surface area (Å²) in [6.07, 6.45) is 3.72. The summed E-state index contributed by atoms with van der Waals surface area (Å²) in [6, 6.07) is 9.05. The number of urea groups is 1. The Balaban J connectivity index is 1.29. The molecule has 0 radical (unpaired) electrons. The van der Waals surface area contributed by atoms with Crippen LogP contribution in [0.2, 0.25) is 5.02 Å². The van der Waals surface area contributed by atoms with E-state index in [4.69, 9.17) is 16.3 Å². The molecule has 2 aromatic rings. The third kappa shape index (κ3) is 3.95. The van der Waals surface area contributed by atoms with Crippen LogP contribution in [-0.4, -0.2) is 41.7 Å². The second kappa shape index (κ2) is 8.26. The smallest absolute Gasteiger partial charge is 0.317 e. The predicted octanol–water partition coefficient (Wildman–Crippen LogP) is 3.02. The van der Waals surface area contributed by atoms with E-state index < -0.39 is 5.82 Å². The number of carbonyl (C=O) groups excluding carboxylic acids is 1. The van der Waals surface area contributed by atoms with Crippen LogP contribution in [0.25, 0.3) is 0 Å². The van der Waals surface area contributed by atoms with Crippen molar-refractivity contribution < 1.29 is 13.9 Å². The van der Waals surface area contributed by atoms with Crippen LogP contribution in [0.15, 0.2) is 36.5 Å². The first-order chi connectivity index (χ1) is 15.0. The number of halogens is 2. The summed E-state index contributed by atoms with van der Waals surface area (Å²) in [5.74, 6) is 0.882. The number of pyridine rings is 1. The van der Waals surface area contributed by atoms with Crippen LogP contribution in [0.4, 0.5) is 9.18 Å². The lowest BCUT2D eigenvalue weighted by Gasteiger charge is -2.45. The maximum atomic E-state index is 13.5. The maximum absolute atomic E-state index is 13.5. The molecule has 5 unspecified atom stereocenters. The van der Waals surface area contributed by atoms with Crippen molar-refractivity contribution in [1.82, 2.24) is 26.1 Å². The van der Waals surface area contributed by atoms with Crippen LogP contribution in [0.1, 0.15) is 30.0 Å². The van der Waals surface area contributed by atoms with Gasteiger partial charge in [0, 0.05) is 37.4 Å². The van der Waals surface area contributed by atoms with E-state index in [1.165, 1.54) is 6.07 Å². The molecular formula is C22H25ClFN5O2. The van der Waals surface area contributed by atoms with Crippen LogP contribution in [0.3, 0.4) is 0 Å². The van der Waals surface area contributed by atoms with Crippen molar-refractivity contribution >= 4 is 17.6 Å². The zero-order valence-corrected chi connectivity index (χ0v) is 17.9. The van der Waals surface area contributed by atoms with Crippen molar-refractivity contribution in [2.75, 3.05) is 13.7 Å². The van der Waals surface area contributed by atoms with Gasteiger partial charge in [0.25, 0.3) is 0 Å². The van der Waals surface area contributed by atoms with Gasteiger partial charge < -0.3 is 15.0 Å². The first-order valence-corrected chi connectivity index (χ1v) is 10.9. The molecule has 3 aliphatic rings. The summed E-state index contributed by atoms with van der Waals surface area (Å²) in [6.45, 7) is 1.08. The Morgan fingerprint density at radius 3 is 2.84 bits per heavy atom. The molecule has 9 heteroatoms. The molecule has 3 N–H and O–H groups in total. The summed E-state index contributed by atoms with van der Waals surface area (Å²) in [5, 5.41) is 3.26. The molecule has 3 heterocycles. The number of nitrogens with one attached hydrogen (secondary N) is 3. The van der Waals surface area contributed by atoms with E-state index in [-0.39, 0.29) is 29.2 Å². The molecular weight excluding hydrogens is 421 g/mol. The van der Waals surface area contributed by atoms with Crippen molar-refractivity contribution in [3.8, 4) is 5.88 Å². The van der Waals surface area contributed by atoms with Crippen molar-refractivity contribution in [1.29, 1.82) is 0 Å². The number of hydrazine groups is 1. The first-order valence-electron chi connectivity index (χ1n) is 10.5. The SMILES string of the molecule is COc1ccc(C2NNC3CC4NC(=O)N(Cc5ccc(F)c(Cl)c5)CC4CC32)cn1. The number of carbonyl (C=O) groups is 1. The van der Waals surface area contributed by atoms with Gasteiger partial charge in [-0.05, 0) is 47.9 Å². The van der Waals surface area contributed by atoms with Gasteiger partial charge in [-0.25, -0.2) is 19.6 Å². The van der Waals surface area contributed by atoms with Crippen molar-refractivity contribution in [2.45, 2.75) is 37.5 Å². The molecule has 5 atom stereocenters. The van der Waals surface area contributed by atoms with Crippen molar-refractivity contribution in [2.24, 2.45) is 11.8 Å². The monoisotopic (exact) mass is 445 g/mol. The van der Waals surface area contributed by atoms with Crippen LogP contribution in [-0.2, 0) is 6.54 Å². The maximum Gasteiger partial charge on any atom is 0.317 e. The number of amides is 2. The minimum atomic E-state index is -0.452. The Bertz CT molecular complexity index is 975. The highest BCUT2D eigenvalue weighted by atomic mass is 35.5. The van der Waals surface area contributed by atoms with Crippen LogP contribution in [0.5, 0.6) is 5.88 Å². The molecule has 2 aliphatic heterocycles. The van der Waals surface area contributed by atoms with Crippen molar-refractivity contribution in [3.05, 3.63) is 58.5 Å². The van der Waals surface area contributed by atoms with E-state index in [1.54, 1.807) is 24.1 Å². The molecule has 2 amide bonds. The topological polar surface area (TPSA) is 78.5 Å². The highest BCUT2D eigenvalue weighted by Crippen LogP contribution is 2.42. The molecule has 0 bridgehead atoms. The second-order valence-electron chi connectivity index (χ2n) is 8.59. The van der Waals surface area contributed by atoms with E-state index in [1.807, 2.05) is 18.3 Å². The lowest BCUT2D eigenvalue weighted by molar-refractivity contribution is 0.0961. The zero-order chi connectivity index (χ0) is 21.5. The molecule has 164 valence electrons. The summed E-state index contributed by atoms with van der Waals surface area (Å²) >= 11 is 5.91. The Kier molecular flexibility index (Phi) is 5.45. The second-order valence-corrected chi connectivity index (χ2v) is 8.99. The van der Waals surface area contributed by atoms with Crippen LogP contribution >= 0.6 is 11.6 Å². The number of hydrogen-bond donors (Lipinski definition) is 3. The minimum Gasteiger partial charge on any atom is -0.481 e. The standard InChI is InChI=1S/C22H25ClFN5O2/c1-31-20-5-3-13(9-25-20)21-15-7-14-11-29(10-12-2-4-17(24)16(23)6-12)22(30)26-18(14)8-19(15)27-28-21/h2-6,9,14-15,18-19,21,27-28H,7-8,10-11H2,1H3,(H,26,30). The highest BCUT2D eigenvalue weighted by Gasteiger charge is 2.47. The zero-order valence-electron chi connectivity index (χ0n) is 17.1. The highest BCUT2D eigenvalue weighted by molar-refractivity contribution is 6.30. The number of rotatable bonds is 4. The van der Waals surface area contributed by atoms with Gasteiger partial charge in [0.1, 0.15) is 5.82 Å². The average molecular weight is 446 g/mol. The van der Waals surface area contributed by atoms with Gasteiger partial charge in [-0.15, -0.1) is 0 Å². The minimum absolute atomic E-state index is 0.0762. The molecule has 2 saturated heterocycles. The molecule has 1 saturated carbocycles. The fraction of sp³-hybridized carbons (Fsp3) is 0.455. The van der Waals surface area contributed by atoms with Gasteiger partial charge >= 0.3 is 6.03 Å². The number of fused-ring (bicyclic) bond motifs is 2. The molecule has 5 rings (SSSR count). The van der Waals surface area contributed by atoms with E-state index in [9.17, 15) is 9.18 Å². The van der Waals surface area contributed by atoms with Gasteiger partial charge in [-0.1, -0.05) is 23.7 Å². The van der Waals surface area contributed by atoms with Gasteiger partial charge in [0.2, 0.25) is 5.88 Å². The summed E-state index contributed by atoms with van der Waals surface area (Å²) in [7, 11) is 1.61. The molecule has 1 aliphatic carbocycles. The average Bonchev–Trinajstić information content (AvgIpc) is 3.18. The van der Waals surface area contributed by atoms with E-state index in [0.717, 1.165) is 24.0 Å². The molecule has 3 fully saturated rings.